The molecular formula is C29H9Cl11N7NaO5. The Morgan fingerprint density at radius 3 is 1.09 bits per heavy atom. The number of benzene rings is 4. The molecule has 4 rings (SSSR count). The van der Waals surface area contributed by atoms with Crippen molar-refractivity contribution in [1.82, 2.24) is 0 Å². The summed E-state index contributed by atoms with van der Waals surface area (Å²) in [5.74, 6) is 0. The van der Waals surface area contributed by atoms with Crippen molar-refractivity contribution >= 4 is 167 Å². The molecule has 0 fully saturated rings. The molecule has 0 aliphatic rings. The average molecular weight is 948 g/mol. The summed E-state index contributed by atoms with van der Waals surface area (Å²) in [4.78, 5) is 32.5. The van der Waals surface area contributed by atoms with Crippen molar-refractivity contribution in [3.63, 3.8) is 0 Å². The number of nitro benzene ring substituents is 2. The molecule has 0 spiro atoms. The van der Waals surface area contributed by atoms with Gasteiger partial charge in [0.1, 0.15) is 0 Å². The number of nitrogens with two attached hydrogens (primary N) is 1. The van der Waals surface area contributed by atoms with Crippen molar-refractivity contribution in [1.29, 1.82) is 0 Å². The van der Waals surface area contributed by atoms with E-state index in [4.69, 9.17) is 160 Å². The van der Waals surface area contributed by atoms with Crippen LogP contribution in [0, 0.1) is 46.5 Å². The molecule has 0 saturated carbocycles. The second-order valence-corrected chi connectivity index (χ2v) is 13.2. The van der Waals surface area contributed by atoms with Gasteiger partial charge in [-0.2, -0.15) is 0 Å². The van der Waals surface area contributed by atoms with Crippen LogP contribution in [0.1, 0.15) is 11.1 Å². The monoisotopic (exact) mass is 943 g/mol. The molecule has 268 valence electrons. The molecule has 12 nitrogen and oxygen atoms in total. The number of nitrogen functional groups attached to an aromatic ring is 1. The van der Waals surface area contributed by atoms with Crippen molar-refractivity contribution in [3.8, 4) is 0 Å². The van der Waals surface area contributed by atoms with Crippen LogP contribution in [0.4, 0.5) is 39.8 Å². The van der Waals surface area contributed by atoms with Gasteiger partial charge in [-0.1, -0.05) is 128 Å². The second-order valence-electron chi connectivity index (χ2n) is 8.92. The summed E-state index contributed by atoms with van der Waals surface area (Å²) in [6.07, 6.45) is -0.0200. The summed E-state index contributed by atoms with van der Waals surface area (Å²) in [5.41, 5.74) is 5.27. The van der Waals surface area contributed by atoms with E-state index in [2.05, 4.69) is 19.4 Å². The van der Waals surface area contributed by atoms with Crippen LogP contribution in [0.2, 0.25) is 55.2 Å². The summed E-state index contributed by atoms with van der Waals surface area (Å²) in [6, 6.07) is 4.61. The summed E-state index contributed by atoms with van der Waals surface area (Å²) < 4.78 is 0. The van der Waals surface area contributed by atoms with Crippen LogP contribution < -0.4 is 35.3 Å². The predicted octanol–water partition coefficient (Wildman–Crippen LogP) is 12.3. The first kappa shape index (κ1) is 50.6. The standard InChI is InChI=1S/C15H4Cl5N3O2.C8Cl4N2.C6H4Cl2N2O2.Na.H2O/c1-21-14-12(19)8(11(18)13(20)15(14)22-2)5-7-9(16)3-6(23(24)25)4-10(7)17;1-13-7-5(11)3(9)4(10)6(12)8(7)14-2;7-4-1-3(10(11)12)2-5(8)6(4)9;;/h3-4H,5H2;;1-2H,9H2;;1H2/q;;;+1;/p-1. The fourth-order valence-electron chi connectivity index (χ4n) is 3.57. The van der Waals surface area contributed by atoms with Crippen molar-refractivity contribution in [2.45, 2.75) is 6.42 Å². The van der Waals surface area contributed by atoms with E-state index in [0.29, 0.717) is 5.56 Å². The van der Waals surface area contributed by atoms with Crippen molar-refractivity contribution in [2.24, 2.45) is 0 Å². The SMILES string of the molecule is Nc1c(Cl)cc([N+](=O)[O-])cc1Cl.[C-]#[N+]c1c(Cl)c(Cl)c(Cc2c(Cl)cc([N+](=O)[O-])cc2Cl)c(Cl)c1[N+]#[C-].[C-]#[N+]c1c(Cl)c(Cl)c(Cl)c(Cl)c1[N+]#[C-].[Na+].[OH-]. The Balaban J connectivity index is 0.000000822. The smallest absolute Gasteiger partial charge is 0.870 e. The largest absolute Gasteiger partial charge is 1.00 e. The number of hydrogen-bond acceptors (Lipinski definition) is 6. The minimum Gasteiger partial charge on any atom is -0.870 e. The molecule has 0 bridgehead atoms. The zero-order valence-corrected chi connectivity index (χ0v) is 35.8. The Labute approximate surface area is 377 Å². The Morgan fingerprint density at radius 2 is 0.792 bits per heavy atom. The fourth-order valence-corrected chi connectivity index (χ4v) is 6.41. The molecule has 24 heteroatoms. The molecule has 0 radical (unpaired) electrons. The number of hydrogen-bond donors (Lipinski definition) is 1. The van der Waals surface area contributed by atoms with Crippen LogP contribution in [-0.2, 0) is 6.42 Å². The molecular weight excluding hydrogens is 939 g/mol. The minimum atomic E-state index is -0.625. The summed E-state index contributed by atoms with van der Waals surface area (Å²) in [7, 11) is 0. The first-order valence-electron chi connectivity index (χ1n) is 12.4. The number of nitrogens with zero attached hydrogens (tertiary/aromatic N) is 6. The summed E-state index contributed by atoms with van der Waals surface area (Å²) in [6.45, 7) is 28.0. The van der Waals surface area contributed by atoms with Gasteiger partial charge in [-0.3, -0.25) is 20.2 Å². The van der Waals surface area contributed by atoms with Crippen LogP contribution >= 0.6 is 128 Å². The van der Waals surface area contributed by atoms with E-state index >= 15 is 0 Å². The van der Waals surface area contributed by atoms with Gasteiger partial charge >= 0.3 is 29.6 Å². The zero-order valence-electron chi connectivity index (χ0n) is 25.5. The molecule has 53 heavy (non-hydrogen) atoms. The molecule has 0 amide bonds. The Kier molecular flexibility index (Phi) is 21.2. The van der Waals surface area contributed by atoms with Gasteiger partial charge in [0, 0.05) is 35.7 Å². The minimum absolute atomic E-state index is 0. The first-order valence-corrected chi connectivity index (χ1v) is 16.5. The number of rotatable bonds is 4. The van der Waals surface area contributed by atoms with E-state index < -0.39 is 9.85 Å². The Bertz CT molecular complexity index is 2210. The van der Waals surface area contributed by atoms with Crippen LogP contribution in [0.3, 0.4) is 0 Å². The van der Waals surface area contributed by atoms with E-state index in [-0.39, 0.29) is 142 Å². The van der Waals surface area contributed by atoms with Gasteiger partial charge < -0.3 is 11.2 Å². The topological polar surface area (TPSA) is 160 Å². The molecule has 0 aliphatic heterocycles. The first-order chi connectivity index (χ1) is 23.8. The Morgan fingerprint density at radius 1 is 0.509 bits per heavy atom. The molecule has 0 unspecified atom stereocenters. The van der Waals surface area contributed by atoms with E-state index in [9.17, 15) is 20.2 Å². The molecule has 0 aliphatic carbocycles. The zero-order chi connectivity index (χ0) is 39.1. The van der Waals surface area contributed by atoms with Gasteiger partial charge in [0.15, 0.2) is 0 Å². The summed E-state index contributed by atoms with van der Waals surface area (Å²) in [5, 5.41) is 21.2. The molecule has 3 N–H and O–H groups in total. The molecule has 0 atom stereocenters. The molecule has 0 heterocycles. The van der Waals surface area contributed by atoms with Gasteiger partial charge in [0.2, 0.25) is 22.7 Å². The second kappa shape index (κ2) is 22.2. The van der Waals surface area contributed by atoms with E-state index in [1.807, 2.05) is 0 Å². The fraction of sp³-hybridized carbons (Fsp3) is 0.0345. The third-order valence-electron chi connectivity index (χ3n) is 5.99. The van der Waals surface area contributed by atoms with Gasteiger partial charge in [-0.15, -0.1) is 0 Å². The quantitative estimate of drug-likeness (QED) is 0.0408. The predicted molar refractivity (Wildman–Crippen MR) is 208 cm³/mol. The molecule has 4 aromatic carbocycles. The molecule has 4 aromatic rings. The number of nitro groups is 2. The van der Waals surface area contributed by atoms with Crippen molar-refractivity contribution < 1.29 is 44.9 Å². The van der Waals surface area contributed by atoms with Crippen molar-refractivity contribution in [3.05, 3.63) is 157 Å². The van der Waals surface area contributed by atoms with Crippen molar-refractivity contribution in [2.75, 3.05) is 5.73 Å². The van der Waals surface area contributed by atoms with Crippen LogP contribution in [0.25, 0.3) is 19.4 Å². The third kappa shape index (κ3) is 11.8. The number of halogens is 11. The van der Waals surface area contributed by atoms with Crippen LogP contribution in [0.5, 0.6) is 0 Å². The number of non-ortho nitro benzene ring substituents is 2. The average Bonchev–Trinajstić information content (AvgIpc) is 3.08. The maximum absolute atomic E-state index is 10.8. The van der Waals surface area contributed by atoms with Gasteiger partial charge in [-0.05, 0) is 11.1 Å². The van der Waals surface area contributed by atoms with Crippen LogP contribution in [-0.4, -0.2) is 15.3 Å². The maximum Gasteiger partial charge on any atom is 1.00 e. The Hall–Kier alpha value is -2.41. The molecule has 0 saturated heterocycles. The van der Waals surface area contributed by atoms with Gasteiger partial charge in [-0.25, -0.2) is 19.4 Å². The normalized spacial score (nSPS) is 9.49. The van der Waals surface area contributed by atoms with E-state index in [1.165, 1.54) is 0 Å². The summed E-state index contributed by atoms with van der Waals surface area (Å²) >= 11 is 64.6. The van der Waals surface area contributed by atoms with Gasteiger partial charge in [0.05, 0.1) is 92.0 Å². The maximum atomic E-state index is 10.8. The number of anilines is 1. The van der Waals surface area contributed by atoms with E-state index in [1.54, 1.807) is 0 Å². The van der Waals surface area contributed by atoms with E-state index in [0.717, 1.165) is 24.3 Å². The molecule has 0 aromatic heterocycles. The van der Waals surface area contributed by atoms with Crippen LogP contribution in [0.15, 0.2) is 24.3 Å². The third-order valence-corrected chi connectivity index (χ3v) is 10.4. The van der Waals surface area contributed by atoms with Gasteiger partial charge in [0.25, 0.3) is 11.4 Å².